The van der Waals surface area contributed by atoms with E-state index in [-0.39, 0.29) is 11.9 Å². The average Bonchev–Trinajstić information content (AvgIpc) is 2.47. The van der Waals surface area contributed by atoms with Gasteiger partial charge in [-0.15, -0.1) is 0 Å². The summed E-state index contributed by atoms with van der Waals surface area (Å²) in [5, 5.41) is 6.25. The molecule has 1 aromatic rings. The number of anilines is 1. The van der Waals surface area contributed by atoms with E-state index in [1.807, 2.05) is 0 Å². The number of ether oxygens (including phenoxy) is 1. The summed E-state index contributed by atoms with van der Waals surface area (Å²) < 4.78 is 6.10. The molecule has 2 heterocycles. The van der Waals surface area contributed by atoms with Crippen LogP contribution in [0.1, 0.15) is 36.5 Å². The predicted molar refractivity (Wildman–Crippen MR) is 82.0 cm³/mol. The maximum atomic E-state index is 12.4. The topological polar surface area (TPSA) is 63.2 Å². The molecule has 1 aliphatic rings. The summed E-state index contributed by atoms with van der Waals surface area (Å²) in [4.78, 5) is 16.7. The van der Waals surface area contributed by atoms with Gasteiger partial charge >= 0.3 is 0 Å². The summed E-state index contributed by atoms with van der Waals surface area (Å²) in [5.74, 6) is 0.559. The van der Waals surface area contributed by atoms with Crippen LogP contribution in [0.2, 0.25) is 0 Å². The van der Waals surface area contributed by atoms with E-state index in [9.17, 15) is 4.79 Å². The minimum absolute atomic E-state index is 0.0793. The first-order chi connectivity index (χ1) is 9.70. The zero-order chi connectivity index (χ0) is 14.4. The zero-order valence-corrected chi connectivity index (χ0v) is 13.2. The molecule has 0 radical (unpaired) electrons. The number of amides is 1. The highest BCUT2D eigenvalue weighted by molar-refractivity contribution is 9.10. The second-order valence-electron chi connectivity index (χ2n) is 4.84. The Hall–Kier alpha value is -1.14. The molecule has 0 unspecified atom stereocenters. The third kappa shape index (κ3) is 4.18. The Balaban J connectivity index is 2.08. The number of nitrogens with one attached hydrogen (secondary N) is 2. The summed E-state index contributed by atoms with van der Waals surface area (Å²) in [5.41, 5.74) is 0.583. The van der Waals surface area contributed by atoms with Gasteiger partial charge in [0.15, 0.2) is 0 Å². The van der Waals surface area contributed by atoms with E-state index in [1.54, 1.807) is 12.3 Å². The number of pyridine rings is 1. The molecule has 20 heavy (non-hydrogen) atoms. The number of carbonyl (C=O) groups excluding carboxylic acids is 1. The second kappa shape index (κ2) is 7.59. The smallest absolute Gasteiger partial charge is 0.255 e. The standard InChI is InChI=1S/C14H20BrN3O2/c1-2-5-16-13-12(8-10(15)9-17-13)14(19)18-11-3-6-20-7-4-11/h8-9,11H,2-7H2,1H3,(H,16,17)(H,18,19). The Kier molecular flexibility index (Phi) is 5.79. The second-order valence-corrected chi connectivity index (χ2v) is 5.75. The predicted octanol–water partition coefficient (Wildman–Crippen LogP) is 2.57. The van der Waals surface area contributed by atoms with Gasteiger partial charge in [0.05, 0.1) is 5.56 Å². The van der Waals surface area contributed by atoms with Gasteiger partial charge in [0.2, 0.25) is 0 Å². The van der Waals surface area contributed by atoms with Crippen molar-refractivity contribution in [2.45, 2.75) is 32.2 Å². The molecule has 1 saturated heterocycles. The van der Waals surface area contributed by atoms with Crippen LogP contribution in [-0.4, -0.2) is 36.7 Å². The molecule has 1 fully saturated rings. The highest BCUT2D eigenvalue weighted by Crippen LogP contribution is 2.19. The number of rotatable bonds is 5. The van der Waals surface area contributed by atoms with Gasteiger partial charge in [-0.3, -0.25) is 4.79 Å². The van der Waals surface area contributed by atoms with Crippen molar-refractivity contribution in [1.82, 2.24) is 10.3 Å². The lowest BCUT2D eigenvalue weighted by Gasteiger charge is -2.23. The Morgan fingerprint density at radius 1 is 1.50 bits per heavy atom. The van der Waals surface area contributed by atoms with Crippen molar-refractivity contribution in [1.29, 1.82) is 0 Å². The number of carbonyl (C=O) groups is 1. The first-order valence-corrected chi connectivity index (χ1v) is 7.78. The molecule has 1 aliphatic heterocycles. The van der Waals surface area contributed by atoms with Gasteiger partial charge in [-0.1, -0.05) is 6.92 Å². The van der Waals surface area contributed by atoms with E-state index in [0.29, 0.717) is 24.6 Å². The number of hydrogen-bond acceptors (Lipinski definition) is 4. The molecule has 2 rings (SSSR count). The third-order valence-electron chi connectivity index (χ3n) is 3.20. The summed E-state index contributed by atoms with van der Waals surface area (Å²) in [6.45, 7) is 4.30. The van der Waals surface area contributed by atoms with Gasteiger partial charge in [0.1, 0.15) is 5.82 Å². The van der Waals surface area contributed by atoms with E-state index in [4.69, 9.17) is 4.74 Å². The molecule has 0 bridgehead atoms. The highest BCUT2D eigenvalue weighted by Gasteiger charge is 2.19. The molecular weight excluding hydrogens is 322 g/mol. The number of halogens is 1. The monoisotopic (exact) mass is 341 g/mol. The molecule has 0 aromatic carbocycles. The molecule has 5 nitrogen and oxygen atoms in total. The van der Waals surface area contributed by atoms with Gasteiger partial charge in [0, 0.05) is 36.5 Å². The van der Waals surface area contributed by atoms with Crippen molar-refractivity contribution >= 4 is 27.7 Å². The lowest BCUT2D eigenvalue weighted by atomic mass is 10.1. The van der Waals surface area contributed by atoms with Gasteiger partial charge in [-0.2, -0.15) is 0 Å². The van der Waals surface area contributed by atoms with Crippen molar-refractivity contribution in [2.24, 2.45) is 0 Å². The largest absolute Gasteiger partial charge is 0.381 e. The number of hydrogen-bond donors (Lipinski definition) is 2. The van der Waals surface area contributed by atoms with E-state index < -0.39 is 0 Å². The Morgan fingerprint density at radius 2 is 2.25 bits per heavy atom. The van der Waals surface area contributed by atoms with Gasteiger partial charge in [-0.05, 0) is 41.3 Å². The summed E-state index contributed by atoms with van der Waals surface area (Å²) in [6.07, 6.45) is 4.41. The van der Waals surface area contributed by atoms with E-state index in [0.717, 1.165) is 30.3 Å². The van der Waals surface area contributed by atoms with Crippen molar-refractivity contribution in [3.8, 4) is 0 Å². The van der Waals surface area contributed by atoms with Crippen LogP contribution in [0.4, 0.5) is 5.82 Å². The fraction of sp³-hybridized carbons (Fsp3) is 0.571. The normalized spacial score (nSPS) is 15.9. The minimum Gasteiger partial charge on any atom is -0.381 e. The average molecular weight is 342 g/mol. The summed E-state index contributed by atoms with van der Waals surface area (Å²) >= 11 is 3.37. The fourth-order valence-electron chi connectivity index (χ4n) is 2.10. The van der Waals surface area contributed by atoms with Crippen molar-refractivity contribution in [2.75, 3.05) is 25.1 Å². The van der Waals surface area contributed by atoms with Crippen molar-refractivity contribution in [3.05, 3.63) is 22.3 Å². The lowest BCUT2D eigenvalue weighted by molar-refractivity contribution is 0.0696. The first-order valence-electron chi connectivity index (χ1n) is 6.98. The quantitative estimate of drug-likeness (QED) is 0.863. The Morgan fingerprint density at radius 3 is 2.95 bits per heavy atom. The molecule has 110 valence electrons. The molecule has 1 amide bonds. The lowest BCUT2D eigenvalue weighted by Crippen LogP contribution is -2.39. The van der Waals surface area contributed by atoms with Crippen LogP contribution in [0.3, 0.4) is 0 Å². The summed E-state index contributed by atoms with van der Waals surface area (Å²) in [6, 6.07) is 1.99. The highest BCUT2D eigenvalue weighted by atomic mass is 79.9. The Labute approximate surface area is 127 Å². The van der Waals surface area contributed by atoms with E-state index in [1.165, 1.54) is 0 Å². The SMILES string of the molecule is CCCNc1ncc(Br)cc1C(=O)NC1CCOCC1. The van der Waals surface area contributed by atoms with E-state index in [2.05, 4.69) is 38.5 Å². The van der Waals surface area contributed by atoms with Crippen molar-refractivity contribution < 1.29 is 9.53 Å². The van der Waals surface area contributed by atoms with Crippen LogP contribution in [0.5, 0.6) is 0 Å². The van der Waals surface area contributed by atoms with Crippen LogP contribution in [-0.2, 0) is 4.74 Å². The van der Waals surface area contributed by atoms with E-state index >= 15 is 0 Å². The maximum Gasteiger partial charge on any atom is 0.255 e. The first kappa shape index (κ1) is 15.3. The van der Waals surface area contributed by atoms with Crippen LogP contribution in [0.15, 0.2) is 16.7 Å². The van der Waals surface area contributed by atoms with Gasteiger partial charge in [-0.25, -0.2) is 4.98 Å². The van der Waals surface area contributed by atoms with Crippen LogP contribution in [0.25, 0.3) is 0 Å². The summed E-state index contributed by atoms with van der Waals surface area (Å²) in [7, 11) is 0. The number of nitrogens with zero attached hydrogens (tertiary/aromatic N) is 1. The van der Waals surface area contributed by atoms with Crippen LogP contribution < -0.4 is 10.6 Å². The molecule has 1 aromatic heterocycles. The minimum atomic E-state index is -0.0793. The van der Waals surface area contributed by atoms with Gasteiger partial charge < -0.3 is 15.4 Å². The molecular formula is C14H20BrN3O2. The van der Waals surface area contributed by atoms with Crippen LogP contribution >= 0.6 is 15.9 Å². The zero-order valence-electron chi connectivity index (χ0n) is 11.6. The van der Waals surface area contributed by atoms with Gasteiger partial charge in [0.25, 0.3) is 5.91 Å². The number of aromatic nitrogens is 1. The molecule has 0 atom stereocenters. The molecule has 2 N–H and O–H groups in total. The third-order valence-corrected chi connectivity index (χ3v) is 3.63. The van der Waals surface area contributed by atoms with Crippen molar-refractivity contribution in [3.63, 3.8) is 0 Å². The Bertz CT molecular complexity index is 462. The molecule has 0 spiro atoms. The fourth-order valence-corrected chi connectivity index (χ4v) is 2.43. The maximum absolute atomic E-state index is 12.4. The molecule has 0 aliphatic carbocycles. The molecule has 0 saturated carbocycles. The van der Waals surface area contributed by atoms with Crippen LogP contribution in [0, 0.1) is 0 Å². The molecule has 6 heteroatoms.